The van der Waals surface area contributed by atoms with Crippen molar-refractivity contribution in [2.75, 3.05) is 0 Å². The second kappa shape index (κ2) is 3.37. The second-order valence-electron chi connectivity index (χ2n) is 2.59. The Balaban J connectivity index is 2.36. The molecule has 2 aromatic rings. The van der Waals surface area contributed by atoms with Crippen molar-refractivity contribution in [3.63, 3.8) is 0 Å². The summed E-state index contributed by atoms with van der Waals surface area (Å²) in [5, 5.41) is 0. The van der Waals surface area contributed by atoms with Crippen LogP contribution in [0.15, 0.2) is 35.2 Å². The molecule has 0 atom stereocenters. The van der Waals surface area contributed by atoms with E-state index in [-0.39, 0.29) is 0 Å². The number of aromatic nitrogens is 2. The van der Waals surface area contributed by atoms with E-state index in [9.17, 15) is 0 Å². The molecule has 0 saturated heterocycles. The Hall–Kier alpha value is -1.68. The van der Waals surface area contributed by atoms with Crippen LogP contribution in [0.2, 0.25) is 0 Å². The van der Waals surface area contributed by atoms with Gasteiger partial charge in [-0.2, -0.15) is 0 Å². The summed E-state index contributed by atoms with van der Waals surface area (Å²) in [6.45, 7) is 0.393. The van der Waals surface area contributed by atoms with Crippen LogP contribution in [0.1, 0.15) is 5.69 Å². The first-order chi connectivity index (χ1) is 6.40. The lowest BCUT2D eigenvalue weighted by atomic mass is 10.3. The van der Waals surface area contributed by atoms with E-state index in [1.807, 2.05) is 12.1 Å². The summed E-state index contributed by atoms with van der Waals surface area (Å²) >= 11 is 0. The molecule has 0 bridgehead atoms. The normalized spacial score (nSPS) is 10.2. The first-order valence-electron chi connectivity index (χ1n) is 3.95. The van der Waals surface area contributed by atoms with E-state index in [2.05, 4.69) is 9.97 Å². The SMILES string of the molecule is NCc1coc(-c2cccnc2)n1. The van der Waals surface area contributed by atoms with Gasteiger partial charge in [0.15, 0.2) is 0 Å². The molecule has 2 heterocycles. The lowest BCUT2D eigenvalue weighted by Crippen LogP contribution is -1.95. The molecule has 2 rings (SSSR count). The van der Waals surface area contributed by atoms with Crippen LogP contribution >= 0.6 is 0 Å². The highest BCUT2D eigenvalue weighted by Gasteiger charge is 2.04. The molecule has 0 aliphatic carbocycles. The standard InChI is InChI=1S/C9H9N3O/c10-4-8-6-13-9(12-8)7-2-1-3-11-5-7/h1-3,5-6H,4,10H2. The summed E-state index contributed by atoms with van der Waals surface area (Å²) in [6, 6.07) is 3.72. The van der Waals surface area contributed by atoms with E-state index in [0.29, 0.717) is 12.4 Å². The number of pyridine rings is 1. The predicted octanol–water partition coefficient (Wildman–Crippen LogP) is 1.20. The molecule has 0 spiro atoms. The third kappa shape index (κ3) is 1.57. The van der Waals surface area contributed by atoms with Crippen molar-refractivity contribution in [2.24, 2.45) is 5.73 Å². The zero-order chi connectivity index (χ0) is 9.10. The zero-order valence-electron chi connectivity index (χ0n) is 6.97. The molecule has 0 aliphatic rings. The molecule has 0 unspecified atom stereocenters. The third-order valence-electron chi connectivity index (χ3n) is 1.67. The van der Waals surface area contributed by atoms with Crippen molar-refractivity contribution in [3.8, 4) is 11.5 Å². The topological polar surface area (TPSA) is 64.9 Å². The van der Waals surface area contributed by atoms with E-state index >= 15 is 0 Å². The summed E-state index contributed by atoms with van der Waals surface area (Å²) in [7, 11) is 0. The van der Waals surface area contributed by atoms with Gasteiger partial charge >= 0.3 is 0 Å². The van der Waals surface area contributed by atoms with Gasteiger partial charge in [0.05, 0.1) is 11.3 Å². The Labute approximate surface area is 75.4 Å². The Bertz CT molecular complexity index is 383. The molecule has 0 saturated carbocycles. The molecule has 4 heteroatoms. The van der Waals surface area contributed by atoms with Crippen LogP contribution < -0.4 is 5.73 Å². The summed E-state index contributed by atoms with van der Waals surface area (Å²) in [6.07, 6.45) is 4.96. The average molecular weight is 175 g/mol. The molecule has 0 radical (unpaired) electrons. The van der Waals surface area contributed by atoms with Gasteiger partial charge in [-0.25, -0.2) is 4.98 Å². The predicted molar refractivity (Wildman–Crippen MR) is 47.6 cm³/mol. The van der Waals surface area contributed by atoms with Gasteiger partial charge in [-0.15, -0.1) is 0 Å². The zero-order valence-corrected chi connectivity index (χ0v) is 6.97. The van der Waals surface area contributed by atoms with Crippen molar-refractivity contribution in [2.45, 2.75) is 6.54 Å². The van der Waals surface area contributed by atoms with Gasteiger partial charge in [-0.3, -0.25) is 4.98 Å². The molecule has 2 aromatic heterocycles. The molecule has 13 heavy (non-hydrogen) atoms. The largest absolute Gasteiger partial charge is 0.444 e. The monoisotopic (exact) mass is 175 g/mol. The van der Waals surface area contributed by atoms with Crippen molar-refractivity contribution in [1.29, 1.82) is 0 Å². The summed E-state index contributed by atoms with van der Waals surface area (Å²) in [4.78, 5) is 8.13. The molecule has 66 valence electrons. The molecule has 0 fully saturated rings. The molecule has 0 aliphatic heterocycles. The second-order valence-corrected chi connectivity index (χ2v) is 2.59. The molecule has 0 aromatic carbocycles. The van der Waals surface area contributed by atoms with E-state index in [0.717, 1.165) is 11.3 Å². The van der Waals surface area contributed by atoms with Crippen molar-refractivity contribution < 1.29 is 4.42 Å². The van der Waals surface area contributed by atoms with Crippen molar-refractivity contribution in [1.82, 2.24) is 9.97 Å². The fourth-order valence-electron chi connectivity index (χ4n) is 1.02. The van der Waals surface area contributed by atoms with Crippen molar-refractivity contribution >= 4 is 0 Å². The number of rotatable bonds is 2. The molecular formula is C9H9N3O. The van der Waals surface area contributed by atoms with Gasteiger partial charge in [0, 0.05) is 18.9 Å². The summed E-state index contributed by atoms with van der Waals surface area (Å²) in [5.74, 6) is 0.563. The number of oxazole rings is 1. The number of hydrogen-bond donors (Lipinski definition) is 1. The van der Waals surface area contributed by atoms with Crippen LogP contribution in [0.3, 0.4) is 0 Å². The maximum Gasteiger partial charge on any atom is 0.227 e. The van der Waals surface area contributed by atoms with Crippen molar-refractivity contribution in [3.05, 3.63) is 36.5 Å². The van der Waals surface area contributed by atoms with Gasteiger partial charge < -0.3 is 10.2 Å². The highest BCUT2D eigenvalue weighted by Crippen LogP contribution is 2.16. The quantitative estimate of drug-likeness (QED) is 0.744. The number of hydrogen-bond acceptors (Lipinski definition) is 4. The maximum absolute atomic E-state index is 5.40. The van der Waals surface area contributed by atoms with Gasteiger partial charge in [-0.05, 0) is 12.1 Å². The first kappa shape index (κ1) is 7.94. The van der Waals surface area contributed by atoms with Crippen LogP contribution in [-0.4, -0.2) is 9.97 Å². The number of nitrogens with zero attached hydrogens (tertiary/aromatic N) is 2. The Morgan fingerprint density at radius 2 is 2.38 bits per heavy atom. The van der Waals surface area contributed by atoms with Crippen LogP contribution in [0.4, 0.5) is 0 Å². The van der Waals surface area contributed by atoms with Gasteiger partial charge in [0.2, 0.25) is 5.89 Å². The van der Waals surface area contributed by atoms with Crippen LogP contribution in [0.5, 0.6) is 0 Å². The van der Waals surface area contributed by atoms with E-state index in [4.69, 9.17) is 10.2 Å². The molecule has 4 nitrogen and oxygen atoms in total. The average Bonchev–Trinajstić information content (AvgIpc) is 2.67. The lowest BCUT2D eigenvalue weighted by Gasteiger charge is -1.91. The van der Waals surface area contributed by atoms with Crippen LogP contribution in [-0.2, 0) is 6.54 Å². The van der Waals surface area contributed by atoms with E-state index < -0.39 is 0 Å². The van der Waals surface area contributed by atoms with E-state index in [1.54, 1.807) is 18.7 Å². The van der Waals surface area contributed by atoms with Gasteiger partial charge in [-0.1, -0.05) is 0 Å². The van der Waals surface area contributed by atoms with Crippen LogP contribution in [0.25, 0.3) is 11.5 Å². The summed E-state index contributed by atoms with van der Waals surface area (Å²) < 4.78 is 5.21. The van der Waals surface area contributed by atoms with Crippen LogP contribution in [0, 0.1) is 0 Å². The van der Waals surface area contributed by atoms with Gasteiger partial charge in [0.1, 0.15) is 6.26 Å². The fraction of sp³-hybridized carbons (Fsp3) is 0.111. The number of nitrogens with two attached hydrogens (primary N) is 1. The minimum atomic E-state index is 0.393. The third-order valence-corrected chi connectivity index (χ3v) is 1.67. The fourth-order valence-corrected chi connectivity index (χ4v) is 1.02. The summed E-state index contributed by atoms with van der Waals surface area (Å²) in [5.41, 5.74) is 7.02. The molecule has 2 N–H and O–H groups in total. The minimum absolute atomic E-state index is 0.393. The minimum Gasteiger partial charge on any atom is -0.444 e. The maximum atomic E-state index is 5.40. The molecule has 0 amide bonds. The molecular weight excluding hydrogens is 166 g/mol. The first-order valence-corrected chi connectivity index (χ1v) is 3.95. The van der Waals surface area contributed by atoms with E-state index in [1.165, 1.54) is 0 Å². The Morgan fingerprint density at radius 1 is 1.46 bits per heavy atom. The highest BCUT2D eigenvalue weighted by atomic mass is 16.3. The smallest absolute Gasteiger partial charge is 0.227 e. The van der Waals surface area contributed by atoms with Gasteiger partial charge in [0.25, 0.3) is 0 Å². The Kier molecular flexibility index (Phi) is 2.06. The Morgan fingerprint density at radius 3 is 3.00 bits per heavy atom. The lowest BCUT2D eigenvalue weighted by molar-refractivity contribution is 0.572. The highest BCUT2D eigenvalue weighted by molar-refractivity contribution is 5.50.